The van der Waals surface area contributed by atoms with Gasteiger partial charge in [-0.25, -0.2) is 10.1 Å². The van der Waals surface area contributed by atoms with Gasteiger partial charge < -0.3 is 5.32 Å². The molecule has 2 aromatic rings. The van der Waals surface area contributed by atoms with E-state index in [4.69, 9.17) is 0 Å². The summed E-state index contributed by atoms with van der Waals surface area (Å²) in [7, 11) is 1.83. The van der Waals surface area contributed by atoms with Crippen molar-refractivity contribution in [2.24, 2.45) is 13.0 Å². The van der Waals surface area contributed by atoms with Crippen molar-refractivity contribution in [2.75, 3.05) is 5.32 Å². The summed E-state index contributed by atoms with van der Waals surface area (Å²) in [4.78, 5) is 25.8. The molecule has 0 radical (unpaired) electrons. The highest BCUT2D eigenvalue weighted by atomic mass is 16.2. The van der Waals surface area contributed by atoms with Crippen LogP contribution >= 0.6 is 0 Å². The summed E-state index contributed by atoms with van der Waals surface area (Å²) in [5.41, 5.74) is 8.03. The number of benzene rings is 1. The van der Waals surface area contributed by atoms with Gasteiger partial charge in [-0.3, -0.25) is 19.7 Å². The summed E-state index contributed by atoms with van der Waals surface area (Å²) in [5.74, 6) is 0.141. The van der Waals surface area contributed by atoms with E-state index in [0.29, 0.717) is 11.7 Å². The molecule has 1 amide bonds. The summed E-state index contributed by atoms with van der Waals surface area (Å²) in [6.45, 7) is 1.85. The number of amides is 1. The largest absolute Gasteiger partial charge is 0.319 e. The molecule has 3 unspecified atom stereocenters. The summed E-state index contributed by atoms with van der Waals surface area (Å²) in [5, 5.41) is 2.89. The maximum Gasteiger partial charge on any atom is 0.295 e. The molecule has 3 atom stereocenters. The topological polar surface area (TPSA) is 80.1 Å². The lowest BCUT2D eigenvalue weighted by molar-refractivity contribution is -0.118. The number of carbonyl (C=O) groups is 1. The number of aromatic nitrogens is 2. The molecule has 26 heavy (non-hydrogen) atoms. The summed E-state index contributed by atoms with van der Waals surface area (Å²) in [6.07, 6.45) is 4.47. The Kier molecular flexibility index (Phi) is 4.42. The highest BCUT2D eigenvalue weighted by molar-refractivity contribution is 5.95. The van der Waals surface area contributed by atoms with Gasteiger partial charge in [0.25, 0.3) is 5.56 Å². The monoisotopic (exact) mass is 355 g/mol. The van der Waals surface area contributed by atoms with Gasteiger partial charge in [-0.2, -0.15) is 0 Å². The minimum Gasteiger partial charge on any atom is -0.319 e. The number of nitrogens with one attached hydrogen (secondary N) is 3. The molecule has 1 aromatic heterocycles. The molecule has 2 fully saturated rings. The zero-order valence-electron chi connectivity index (χ0n) is 15.2. The van der Waals surface area contributed by atoms with Crippen LogP contribution in [0.5, 0.6) is 0 Å². The molecule has 4 rings (SSSR count). The molecule has 1 saturated heterocycles. The quantitative estimate of drug-likeness (QED) is 0.779. The Labute approximate surface area is 152 Å². The van der Waals surface area contributed by atoms with Crippen LogP contribution in [0.4, 0.5) is 5.69 Å². The van der Waals surface area contributed by atoms with Crippen molar-refractivity contribution in [3.05, 3.63) is 46.4 Å². The third kappa shape index (κ3) is 2.77. The zero-order valence-corrected chi connectivity index (χ0v) is 15.2. The highest BCUT2D eigenvalue weighted by Crippen LogP contribution is 2.30. The maximum absolute atomic E-state index is 12.9. The van der Waals surface area contributed by atoms with Gasteiger partial charge in [0.05, 0.1) is 11.4 Å². The first kappa shape index (κ1) is 17.1. The van der Waals surface area contributed by atoms with Crippen LogP contribution in [0.15, 0.2) is 35.1 Å². The van der Waals surface area contributed by atoms with Gasteiger partial charge in [-0.1, -0.05) is 31.0 Å². The average Bonchev–Trinajstić information content (AvgIpc) is 3.18. The van der Waals surface area contributed by atoms with E-state index in [1.54, 1.807) is 9.36 Å². The molecule has 0 bridgehead atoms. The predicted molar refractivity (Wildman–Crippen MR) is 100 cm³/mol. The number of para-hydroxylation sites is 1. The Morgan fingerprint density at radius 3 is 2.65 bits per heavy atom. The molecule has 7 heteroatoms. The van der Waals surface area contributed by atoms with Crippen molar-refractivity contribution in [1.29, 1.82) is 0 Å². The normalized spacial score (nSPS) is 25.1. The van der Waals surface area contributed by atoms with Crippen LogP contribution in [0.2, 0.25) is 0 Å². The molecule has 2 heterocycles. The minimum absolute atomic E-state index is 0.141. The number of nitrogens with zero attached hydrogens (tertiary/aromatic N) is 2. The van der Waals surface area contributed by atoms with E-state index >= 15 is 0 Å². The Bertz CT molecular complexity index is 870. The Balaban J connectivity index is 1.61. The predicted octanol–water partition coefficient (Wildman–Crippen LogP) is 1.46. The van der Waals surface area contributed by atoms with Gasteiger partial charge in [0, 0.05) is 19.0 Å². The number of hydrogen-bond acceptors (Lipinski definition) is 4. The second-order valence-corrected chi connectivity index (χ2v) is 7.25. The zero-order chi connectivity index (χ0) is 18.3. The molecule has 1 aliphatic heterocycles. The lowest BCUT2D eigenvalue weighted by atomic mass is 9.81. The van der Waals surface area contributed by atoms with Crippen molar-refractivity contribution >= 4 is 11.6 Å². The molecule has 0 spiro atoms. The third-order valence-electron chi connectivity index (χ3n) is 5.76. The van der Waals surface area contributed by atoms with Gasteiger partial charge in [0.1, 0.15) is 11.7 Å². The van der Waals surface area contributed by atoms with Crippen molar-refractivity contribution in [3.63, 3.8) is 0 Å². The first-order chi connectivity index (χ1) is 12.6. The molecule has 1 saturated carbocycles. The second-order valence-electron chi connectivity index (χ2n) is 7.25. The number of hydrazine groups is 1. The molecule has 7 nitrogen and oxygen atoms in total. The maximum atomic E-state index is 12.9. The second kappa shape index (κ2) is 6.74. The van der Waals surface area contributed by atoms with Crippen molar-refractivity contribution < 1.29 is 4.79 Å². The summed E-state index contributed by atoms with van der Waals surface area (Å²) < 4.78 is 3.35. The summed E-state index contributed by atoms with van der Waals surface area (Å²) >= 11 is 0. The van der Waals surface area contributed by atoms with E-state index in [1.807, 2.05) is 44.3 Å². The van der Waals surface area contributed by atoms with E-state index in [1.165, 1.54) is 6.42 Å². The van der Waals surface area contributed by atoms with Crippen LogP contribution < -0.4 is 21.7 Å². The van der Waals surface area contributed by atoms with Crippen LogP contribution in [0.1, 0.15) is 31.4 Å². The standard InChI is InChI=1S/C19H25N5O2/c1-12-16(19(26)24(23(12)2)13-8-4-3-5-9-13)20-18(25)17-14-10-6-7-11-15(14)21-22-17/h3-5,8-9,14-15,17,21-22H,6-7,10-11H2,1-2H3,(H,20,25). The van der Waals surface area contributed by atoms with E-state index in [2.05, 4.69) is 16.2 Å². The average molecular weight is 355 g/mol. The molecule has 1 aliphatic carbocycles. The number of hydrogen-bond donors (Lipinski definition) is 3. The van der Waals surface area contributed by atoms with Crippen LogP contribution in [-0.2, 0) is 11.8 Å². The Morgan fingerprint density at radius 1 is 1.15 bits per heavy atom. The fraction of sp³-hybridized carbons (Fsp3) is 0.474. The lowest BCUT2D eigenvalue weighted by Crippen LogP contribution is -2.43. The van der Waals surface area contributed by atoms with Crippen LogP contribution in [-0.4, -0.2) is 27.4 Å². The van der Waals surface area contributed by atoms with Crippen LogP contribution in [0, 0.1) is 12.8 Å². The van der Waals surface area contributed by atoms with Crippen molar-refractivity contribution in [3.8, 4) is 5.69 Å². The third-order valence-corrected chi connectivity index (χ3v) is 5.76. The van der Waals surface area contributed by atoms with E-state index in [9.17, 15) is 9.59 Å². The van der Waals surface area contributed by atoms with Crippen molar-refractivity contribution in [2.45, 2.75) is 44.7 Å². The molecule has 1 aromatic carbocycles. The number of fused-ring (bicyclic) bond motifs is 1. The Hall–Kier alpha value is -2.38. The molecule has 3 N–H and O–H groups in total. The number of anilines is 1. The van der Waals surface area contributed by atoms with E-state index in [-0.39, 0.29) is 23.4 Å². The van der Waals surface area contributed by atoms with E-state index < -0.39 is 0 Å². The molecule has 2 aliphatic rings. The highest BCUT2D eigenvalue weighted by Gasteiger charge is 2.41. The number of rotatable bonds is 3. The van der Waals surface area contributed by atoms with Gasteiger partial charge in [0.2, 0.25) is 5.91 Å². The Morgan fingerprint density at radius 2 is 1.88 bits per heavy atom. The minimum atomic E-state index is -0.301. The van der Waals surface area contributed by atoms with Crippen molar-refractivity contribution in [1.82, 2.24) is 20.2 Å². The fourth-order valence-electron chi connectivity index (χ4n) is 4.21. The SMILES string of the molecule is Cc1c(NC(=O)C2NNC3CCCCC32)c(=O)n(-c2ccccc2)n1C. The fourth-order valence-corrected chi connectivity index (χ4v) is 4.21. The molecule has 138 valence electrons. The summed E-state index contributed by atoms with van der Waals surface area (Å²) in [6, 6.07) is 9.48. The lowest BCUT2D eigenvalue weighted by Gasteiger charge is -2.26. The first-order valence-electron chi connectivity index (χ1n) is 9.24. The van der Waals surface area contributed by atoms with Gasteiger partial charge in [-0.05, 0) is 31.9 Å². The smallest absolute Gasteiger partial charge is 0.295 e. The van der Waals surface area contributed by atoms with Crippen LogP contribution in [0.25, 0.3) is 5.69 Å². The molecular weight excluding hydrogens is 330 g/mol. The first-order valence-corrected chi connectivity index (χ1v) is 9.24. The van der Waals surface area contributed by atoms with E-state index in [0.717, 1.165) is 30.6 Å². The number of carbonyl (C=O) groups excluding carboxylic acids is 1. The van der Waals surface area contributed by atoms with Crippen LogP contribution in [0.3, 0.4) is 0 Å². The van der Waals surface area contributed by atoms with Gasteiger partial charge >= 0.3 is 0 Å². The molecular formula is C19H25N5O2. The van der Waals surface area contributed by atoms with Gasteiger partial charge in [-0.15, -0.1) is 0 Å². The van der Waals surface area contributed by atoms with Gasteiger partial charge in [0.15, 0.2) is 0 Å².